The molecule has 0 aliphatic rings. The summed E-state index contributed by atoms with van der Waals surface area (Å²) in [5.74, 6) is -0.124. The van der Waals surface area contributed by atoms with Crippen LogP contribution in [0.15, 0.2) is 18.2 Å². The van der Waals surface area contributed by atoms with Crippen LogP contribution in [0.4, 0.5) is 4.39 Å². The van der Waals surface area contributed by atoms with Gasteiger partial charge in [-0.3, -0.25) is 0 Å². The summed E-state index contributed by atoms with van der Waals surface area (Å²) in [4.78, 5) is 0. The van der Waals surface area contributed by atoms with Crippen LogP contribution in [0.1, 0.15) is 5.56 Å². The zero-order valence-corrected chi connectivity index (χ0v) is 5.61. The molecule has 1 aromatic rings. The van der Waals surface area contributed by atoms with Crippen LogP contribution < -0.4 is 5.46 Å². The lowest BCUT2D eigenvalue weighted by Gasteiger charge is -1.95. The van der Waals surface area contributed by atoms with Crippen LogP contribution in [0.3, 0.4) is 0 Å². The summed E-state index contributed by atoms with van der Waals surface area (Å²) in [5, 5.41) is 0. The molecule has 0 aliphatic carbocycles. The van der Waals surface area contributed by atoms with Crippen molar-refractivity contribution in [2.75, 3.05) is 0 Å². The number of hydrogen-bond donors (Lipinski definition) is 0. The van der Waals surface area contributed by atoms with E-state index < -0.39 is 0 Å². The van der Waals surface area contributed by atoms with Crippen molar-refractivity contribution in [1.82, 2.24) is 0 Å². The molecule has 0 nitrogen and oxygen atoms in total. The molecule has 2 heteroatoms. The molecule has 9 heavy (non-hydrogen) atoms. The zero-order valence-electron chi connectivity index (χ0n) is 5.61. The quantitative estimate of drug-likeness (QED) is 0.436. The molecule has 0 spiro atoms. The summed E-state index contributed by atoms with van der Waals surface area (Å²) < 4.78 is 12.5. The average molecular weight is 122 g/mol. The van der Waals surface area contributed by atoms with Crippen molar-refractivity contribution < 1.29 is 4.39 Å². The smallest absolute Gasteiger partial charge is 0.139 e. The first-order chi connectivity index (χ1) is 4.20. The van der Waals surface area contributed by atoms with Crippen molar-refractivity contribution in [3.05, 3.63) is 29.6 Å². The van der Waals surface area contributed by atoms with E-state index in [1.165, 1.54) is 6.07 Å². The molecular weight excluding hydrogens is 114 g/mol. The Kier molecular flexibility index (Phi) is 1.56. The molecular formula is C7H8BF. The average Bonchev–Trinajstić information content (AvgIpc) is 1.80. The van der Waals surface area contributed by atoms with Gasteiger partial charge in [0.1, 0.15) is 13.7 Å². The lowest BCUT2D eigenvalue weighted by atomic mass is 9.95. The third-order valence-corrected chi connectivity index (χ3v) is 1.31. The van der Waals surface area contributed by atoms with Gasteiger partial charge in [-0.05, 0) is 18.6 Å². The SMILES string of the molecule is Bc1ccc(F)c(C)c1. The van der Waals surface area contributed by atoms with E-state index in [0.717, 1.165) is 11.0 Å². The minimum atomic E-state index is -0.124. The first-order valence-electron chi connectivity index (χ1n) is 2.93. The van der Waals surface area contributed by atoms with Gasteiger partial charge >= 0.3 is 0 Å². The minimum absolute atomic E-state index is 0.124. The van der Waals surface area contributed by atoms with Crippen LogP contribution in [0.25, 0.3) is 0 Å². The maximum atomic E-state index is 12.5. The number of benzene rings is 1. The van der Waals surface area contributed by atoms with E-state index in [9.17, 15) is 4.39 Å². The van der Waals surface area contributed by atoms with Gasteiger partial charge in [0.15, 0.2) is 0 Å². The maximum absolute atomic E-state index is 12.5. The highest BCUT2D eigenvalue weighted by Gasteiger charge is 1.92. The summed E-state index contributed by atoms with van der Waals surface area (Å²) in [6.07, 6.45) is 0. The molecule has 0 N–H and O–H groups in total. The molecule has 0 aromatic heterocycles. The Morgan fingerprint density at radius 1 is 1.44 bits per heavy atom. The van der Waals surface area contributed by atoms with Gasteiger partial charge in [0.2, 0.25) is 0 Å². The first-order valence-corrected chi connectivity index (χ1v) is 2.93. The zero-order chi connectivity index (χ0) is 6.85. The molecule has 1 rings (SSSR count). The van der Waals surface area contributed by atoms with Gasteiger partial charge in [-0.25, -0.2) is 4.39 Å². The Bertz CT molecular complexity index is 220. The summed E-state index contributed by atoms with van der Waals surface area (Å²) in [7, 11) is 1.95. The summed E-state index contributed by atoms with van der Waals surface area (Å²) in [5.41, 5.74) is 1.82. The number of rotatable bonds is 0. The first kappa shape index (κ1) is 6.34. The second-order valence-corrected chi connectivity index (χ2v) is 2.25. The second kappa shape index (κ2) is 2.22. The van der Waals surface area contributed by atoms with Gasteiger partial charge in [0.05, 0.1) is 0 Å². The van der Waals surface area contributed by atoms with Gasteiger partial charge in [0, 0.05) is 0 Å². The normalized spacial score (nSPS) is 9.56. The molecule has 1 aromatic carbocycles. The maximum Gasteiger partial charge on any atom is 0.139 e. The Morgan fingerprint density at radius 2 is 2.11 bits per heavy atom. The van der Waals surface area contributed by atoms with Gasteiger partial charge in [-0.15, -0.1) is 0 Å². The van der Waals surface area contributed by atoms with Crippen LogP contribution in [0, 0.1) is 12.7 Å². The lowest BCUT2D eigenvalue weighted by Crippen LogP contribution is -2.02. The Labute approximate surface area is 55.1 Å². The standard InChI is InChI=1S/C7H8BF/c1-5-4-6(8)2-3-7(5)9/h2-4H,8H2,1H3. The molecule has 0 saturated carbocycles. The van der Waals surface area contributed by atoms with Crippen molar-refractivity contribution in [3.63, 3.8) is 0 Å². The highest BCUT2D eigenvalue weighted by Crippen LogP contribution is 2.00. The van der Waals surface area contributed by atoms with Crippen molar-refractivity contribution in [1.29, 1.82) is 0 Å². The van der Waals surface area contributed by atoms with Gasteiger partial charge in [-0.1, -0.05) is 17.6 Å². The number of hydrogen-bond acceptors (Lipinski definition) is 0. The monoisotopic (exact) mass is 122 g/mol. The Balaban J connectivity index is 3.17. The fourth-order valence-corrected chi connectivity index (χ4v) is 0.795. The van der Waals surface area contributed by atoms with E-state index in [0.29, 0.717) is 0 Å². The largest absolute Gasteiger partial charge is 0.207 e. The third kappa shape index (κ3) is 1.32. The molecule has 0 radical (unpaired) electrons. The van der Waals surface area contributed by atoms with Crippen LogP contribution in [-0.2, 0) is 0 Å². The molecule has 0 aliphatic heterocycles. The molecule has 0 fully saturated rings. The predicted molar refractivity (Wildman–Crippen MR) is 39.3 cm³/mol. The van der Waals surface area contributed by atoms with E-state index in [4.69, 9.17) is 0 Å². The van der Waals surface area contributed by atoms with Crippen molar-refractivity contribution in [2.24, 2.45) is 0 Å². The van der Waals surface area contributed by atoms with Crippen LogP contribution in [0.5, 0.6) is 0 Å². The molecule has 0 heterocycles. The van der Waals surface area contributed by atoms with Crippen LogP contribution >= 0.6 is 0 Å². The second-order valence-electron chi connectivity index (χ2n) is 2.25. The van der Waals surface area contributed by atoms with E-state index in [1.54, 1.807) is 13.0 Å². The van der Waals surface area contributed by atoms with Crippen molar-refractivity contribution in [3.8, 4) is 0 Å². The van der Waals surface area contributed by atoms with E-state index in [2.05, 4.69) is 0 Å². The lowest BCUT2D eigenvalue weighted by molar-refractivity contribution is 0.619. The highest BCUT2D eigenvalue weighted by atomic mass is 19.1. The molecule has 0 amide bonds. The van der Waals surface area contributed by atoms with Gasteiger partial charge in [0.25, 0.3) is 0 Å². The minimum Gasteiger partial charge on any atom is -0.207 e. The topological polar surface area (TPSA) is 0 Å². The highest BCUT2D eigenvalue weighted by molar-refractivity contribution is 6.32. The number of aryl methyl sites for hydroxylation is 1. The third-order valence-electron chi connectivity index (χ3n) is 1.31. The Hall–Kier alpha value is -0.785. The van der Waals surface area contributed by atoms with E-state index in [-0.39, 0.29) is 5.82 Å². The van der Waals surface area contributed by atoms with Crippen LogP contribution in [-0.4, -0.2) is 7.85 Å². The molecule has 0 bridgehead atoms. The number of halogens is 1. The molecule has 0 saturated heterocycles. The predicted octanol–water partition coefficient (Wildman–Crippen LogP) is 0.393. The van der Waals surface area contributed by atoms with Gasteiger partial charge < -0.3 is 0 Å². The van der Waals surface area contributed by atoms with Gasteiger partial charge in [-0.2, -0.15) is 0 Å². The van der Waals surface area contributed by atoms with Crippen molar-refractivity contribution in [2.45, 2.75) is 6.92 Å². The summed E-state index contributed by atoms with van der Waals surface area (Å²) >= 11 is 0. The van der Waals surface area contributed by atoms with Crippen molar-refractivity contribution >= 4 is 13.3 Å². The van der Waals surface area contributed by atoms with E-state index >= 15 is 0 Å². The van der Waals surface area contributed by atoms with E-state index in [1.807, 2.05) is 13.9 Å². The fourth-order valence-electron chi connectivity index (χ4n) is 0.795. The summed E-state index contributed by atoms with van der Waals surface area (Å²) in [6.45, 7) is 1.77. The fraction of sp³-hybridized carbons (Fsp3) is 0.143. The Morgan fingerprint density at radius 3 is 2.56 bits per heavy atom. The van der Waals surface area contributed by atoms with Crippen LogP contribution in [0.2, 0.25) is 0 Å². The summed E-state index contributed by atoms with van der Waals surface area (Å²) in [6, 6.07) is 5.09. The molecule has 46 valence electrons. The molecule has 0 unspecified atom stereocenters. The molecule has 0 atom stereocenters.